The lowest BCUT2D eigenvalue weighted by atomic mass is 10.2. The summed E-state index contributed by atoms with van der Waals surface area (Å²) in [5.74, 6) is 0.00719. The number of rotatable bonds is 6. The molecule has 1 aromatic heterocycles. The van der Waals surface area contributed by atoms with Gasteiger partial charge in [-0.25, -0.2) is 4.98 Å². The molecule has 0 aliphatic carbocycles. The van der Waals surface area contributed by atoms with Crippen molar-refractivity contribution in [2.24, 2.45) is 0 Å². The molecule has 0 saturated heterocycles. The molecule has 2 aromatic rings. The molecule has 0 bridgehead atoms. The van der Waals surface area contributed by atoms with E-state index in [9.17, 15) is 4.79 Å². The van der Waals surface area contributed by atoms with Crippen LogP contribution in [0, 0.1) is 6.92 Å². The zero-order chi connectivity index (χ0) is 14.4. The number of carbonyl (C=O) groups excluding carboxylic acids is 1. The molecule has 0 atom stereocenters. The highest BCUT2D eigenvalue weighted by molar-refractivity contribution is 7.13. The monoisotopic (exact) mass is 288 g/mol. The summed E-state index contributed by atoms with van der Waals surface area (Å²) in [6.07, 6.45) is 2.89. The molecule has 1 heterocycles. The Kier molecular flexibility index (Phi) is 5.30. The second kappa shape index (κ2) is 7.20. The number of nitrogens with zero attached hydrogens (tertiary/aromatic N) is 1. The van der Waals surface area contributed by atoms with Crippen LogP contribution in [-0.2, 0) is 6.42 Å². The van der Waals surface area contributed by atoms with Gasteiger partial charge in [0.15, 0.2) is 0 Å². The van der Waals surface area contributed by atoms with Crippen molar-refractivity contribution in [3.8, 4) is 0 Å². The molecule has 0 aliphatic heterocycles. The molecular weight excluding hydrogens is 268 g/mol. The molecule has 4 heteroatoms. The topological polar surface area (TPSA) is 42.0 Å². The van der Waals surface area contributed by atoms with Crippen molar-refractivity contribution >= 4 is 17.2 Å². The third kappa shape index (κ3) is 3.90. The summed E-state index contributed by atoms with van der Waals surface area (Å²) in [5.41, 5.74) is 2.05. The lowest BCUT2D eigenvalue weighted by Crippen LogP contribution is -2.24. The Hall–Kier alpha value is -1.68. The van der Waals surface area contributed by atoms with Crippen LogP contribution in [0.2, 0.25) is 0 Å². The fourth-order valence-electron chi connectivity index (χ4n) is 1.97. The van der Waals surface area contributed by atoms with E-state index in [1.165, 1.54) is 16.9 Å². The molecule has 1 aromatic carbocycles. The Labute approximate surface area is 124 Å². The van der Waals surface area contributed by atoms with Gasteiger partial charge in [0.05, 0.1) is 10.7 Å². The molecule has 1 N–H and O–H groups in total. The molecule has 0 spiro atoms. The second-order valence-corrected chi connectivity index (χ2v) is 5.88. The van der Waals surface area contributed by atoms with Crippen molar-refractivity contribution in [2.75, 3.05) is 6.54 Å². The molecule has 0 aliphatic rings. The summed E-state index contributed by atoms with van der Waals surface area (Å²) in [4.78, 5) is 17.3. The van der Waals surface area contributed by atoms with Gasteiger partial charge in [0.1, 0.15) is 4.88 Å². The van der Waals surface area contributed by atoms with Crippen molar-refractivity contribution in [2.45, 2.75) is 33.1 Å². The Balaban J connectivity index is 2.03. The van der Waals surface area contributed by atoms with Gasteiger partial charge in [-0.3, -0.25) is 4.79 Å². The van der Waals surface area contributed by atoms with Crippen LogP contribution in [-0.4, -0.2) is 17.4 Å². The van der Waals surface area contributed by atoms with E-state index in [2.05, 4.69) is 29.4 Å². The van der Waals surface area contributed by atoms with Gasteiger partial charge >= 0.3 is 0 Å². The SMILES string of the molecule is CCCCNC(=O)c1sc(Cc2ccccc2)nc1C. The quantitative estimate of drug-likeness (QED) is 0.826. The van der Waals surface area contributed by atoms with E-state index in [0.717, 1.165) is 41.4 Å². The summed E-state index contributed by atoms with van der Waals surface area (Å²) >= 11 is 1.50. The first-order valence-corrected chi connectivity index (χ1v) is 7.80. The molecule has 20 heavy (non-hydrogen) atoms. The maximum atomic E-state index is 12.1. The molecular formula is C16H20N2OS. The van der Waals surface area contributed by atoms with Gasteiger partial charge in [-0.15, -0.1) is 11.3 Å². The number of hydrogen-bond acceptors (Lipinski definition) is 3. The standard InChI is InChI=1S/C16H20N2OS/c1-3-4-10-17-16(19)15-12(2)18-14(20-15)11-13-8-6-5-7-9-13/h5-9H,3-4,10-11H2,1-2H3,(H,17,19). The van der Waals surface area contributed by atoms with Crippen LogP contribution in [0.1, 0.15) is 45.7 Å². The lowest BCUT2D eigenvalue weighted by molar-refractivity contribution is 0.0956. The van der Waals surface area contributed by atoms with Crippen LogP contribution in [0.15, 0.2) is 30.3 Å². The predicted octanol–water partition coefficient (Wildman–Crippen LogP) is 3.57. The third-order valence-corrected chi connectivity index (χ3v) is 4.22. The van der Waals surface area contributed by atoms with Crippen LogP contribution in [0.4, 0.5) is 0 Å². The Morgan fingerprint density at radius 1 is 1.30 bits per heavy atom. The summed E-state index contributed by atoms with van der Waals surface area (Å²) in [5, 5.41) is 3.94. The van der Waals surface area contributed by atoms with Gasteiger partial charge < -0.3 is 5.32 Å². The van der Waals surface area contributed by atoms with E-state index in [1.54, 1.807) is 0 Å². The van der Waals surface area contributed by atoms with Crippen molar-refractivity contribution in [3.05, 3.63) is 51.5 Å². The number of thiazole rings is 1. The van der Waals surface area contributed by atoms with E-state index in [4.69, 9.17) is 0 Å². The van der Waals surface area contributed by atoms with Gasteiger partial charge in [0.2, 0.25) is 0 Å². The number of nitrogens with one attached hydrogen (secondary N) is 1. The predicted molar refractivity (Wildman–Crippen MR) is 83.3 cm³/mol. The minimum Gasteiger partial charge on any atom is -0.351 e. The van der Waals surface area contributed by atoms with Crippen LogP contribution >= 0.6 is 11.3 Å². The highest BCUT2D eigenvalue weighted by Gasteiger charge is 2.14. The summed E-state index contributed by atoms with van der Waals surface area (Å²) < 4.78 is 0. The molecule has 1 amide bonds. The first-order chi connectivity index (χ1) is 9.70. The van der Waals surface area contributed by atoms with Gasteiger partial charge in [-0.1, -0.05) is 43.7 Å². The molecule has 0 fully saturated rings. The molecule has 3 nitrogen and oxygen atoms in total. The Morgan fingerprint density at radius 3 is 2.75 bits per heavy atom. The second-order valence-electron chi connectivity index (χ2n) is 4.79. The third-order valence-electron chi connectivity index (χ3n) is 3.06. The molecule has 0 unspecified atom stereocenters. The fourth-order valence-corrected chi connectivity index (χ4v) is 2.98. The van der Waals surface area contributed by atoms with E-state index in [-0.39, 0.29) is 5.91 Å². The average Bonchev–Trinajstić information content (AvgIpc) is 2.81. The summed E-state index contributed by atoms with van der Waals surface area (Å²) in [6, 6.07) is 10.2. The fraction of sp³-hybridized carbons (Fsp3) is 0.375. The smallest absolute Gasteiger partial charge is 0.263 e. The molecule has 2 rings (SSSR count). The van der Waals surface area contributed by atoms with Crippen LogP contribution in [0.3, 0.4) is 0 Å². The largest absolute Gasteiger partial charge is 0.351 e. The van der Waals surface area contributed by atoms with Crippen LogP contribution in [0.25, 0.3) is 0 Å². The Bertz CT molecular complexity index is 563. The highest BCUT2D eigenvalue weighted by Crippen LogP contribution is 2.20. The zero-order valence-electron chi connectivity index (χ0n) is 12.0. The number of carbonyl (C=O) groups is 1. The number of unbranched alkanes of at least 4 members (excludes halogenated alkanes) is 1. The number of benzene rings is 1. The van der Waals surface area contributed by atoms with Gasteiger partial charge in [0, 0.05) is 13.0 Å². The molecule has 0 saturated carbocycles. The summed E-state index contributed by atoms with van der Waals surface area (Å²) in [7, 11) is 0. The maximum absolute atomic E-state index is 12.1. The Morgan fingerprint density at radius 2 is 2.05 bits per heavy atom. The summed E-state index contributed by atoms with van der Waals surface area (Å²) in [6.45, 7) is 4.75. The van der Waals surface area contributed by atoms with E-state index < -0.39 is 0 Å². The number of amides is 1. The van der Waals surface area contributed by atoms with E-state index in [0.29, 0.717) is 0 Å². The normalized spacial score (nSPS) is 10.5. The van der Waals surface area contributed by atoms with Crippen LogP contribution < -0.4 is 5.32 Å². The van der Waals surface area contributed by atoms with Gasteiger partial charge in [-0.2, -0.15) is 0 Å². The van der Waals surface area contributed by atoms with E-state index in [1.807, 2.05) is 25.1 Å². The maximum Gasteiger partial charge on any atom is 0.263 e. The minimum absolute atomic E-state index is 0.00719. The van der Waals surface area contributed by atoms with E-state index >= 15 is 0 Å². The first-order valence-electron chi connectivity index (χ1n) is 6.99. The zero-order valence-corrected chi connectivity index (χ0v) is 12.8. The van der Waals surface area contributed by atoms with Gasteiger partial charge in [-0.05, 0) is 18.9 Å². The number of aryl methyl sites for hydroxylation is 1. The van der Waals surface area contributed by atoms with Crippen LogP contribution in [0.5, 0.6) is 0 Å². The first kappa shape index (κ1) is 14.7. The molecule has 0 radical (unpaired) electrons. The van der Waals surface area contributed by atoms with Crippen molar-refractivity contribution < 1.29 is 4.79 Å². The van der Waals surface area contributed by atoms with Crippen molar-refractivity contribution in [3.63, 3.8) is 0 Å². The lowest BCUT2D eigenvalue weighted by Gasteiger charge is -2.01. The van der Waals surface area contributed by atoms with Crippen molar-refractivity contribution in [1.29, 1.82) is 0 Å². The minimum atomic E-state index is 0.00719. The average molecular weight is 288 g/mol. The number of aromatic nitrogens is 1. The number of hydrogen-bond donors (Lipinski definition) is 1. The van der Waals surface area contributed by atoms with Gasteiger partial charge in [0.25, 0.3) is 5.91 Å². The molecule has 106 valence electrons. The highest BCUT2D eigenvalue weighted by atomic mass is 32.1. The van der Waals surface area contributed by atoms with Crippen molar-refractivity contribution in [1.82, 2.24) is 10.3 Å².